The Kier molecular flexibility index (Phi) is 3.05. The summed E-state index contributed by atoms with van der Waals surface area (Å²) in [6.45, 7) is 2.47. The minimum absolute atomic E-state index is 0.0210. The van der Waals surface area contributed by atoms with E-state index in [0.717, 1.165) is 37.0 Å². The SMILES string of the molecule is C[C@]12CC[C@@H](O)CC1=CC[C@@H]1[C@H]2CCC2[C@@H](O)CC[C@@H]21. The van der Waals surface area contributed by atoms with E-state index in [-0.39, 0.29) is 12.2 Å². The standard InChI is InChI=1S/C18H28O2/c1-18-9-8-12(19)10-11(18)2-3-14-13-5-7-17(20)15(13)4-6-16(14)18/h2,12-17,19-20H,3-10H2,1H3/t12-,13-,14+,15?,16-,17+,18+/m1/s1. The van der Waals surface area contributed by atoms with Gasteiger partial charge in [0.25, 0.3) is 0 Å². The van der Waals surface area contributed by atoms with Gasteiger partial charge in [-0.25, -0.2) is 0 Å². The monoisotopic (exact) mass is 276 g/mol. The second-order valence-corrected chi connectivity index (χ2v) is 8.10. The maximum atomic E-state index is 10.2. The summed E-state index contributed by atoms with van der Waals surface area (Å²) in [5.41, 5.74) is 1.90. The minimum atomic E-state index is -0.101. The van der Waals surface area contributed by atoms with E-state index in [0.29, 0.717) is 11.3 Å². The molecule has 2 N–H and O–H groups in total. The van der Waals surface area contributed by atoms with Crippen molar-refractivity contribution in [3.8, 4) is 0 Å². The normalized spacial score (nSPS) is 54.6. The van der Waals surface area contributed by atoms with Gasteiger partial charge in [0.05, 0.1) is 12.2 Å². The van der Waals surface area contributed by atoms with Crippen molar-refractivity contribution >= 4 is 0 Å². The van der Waals surface area contributed by atoms with Gasteiger partial charge in [-0.2, -0.15) is 0 Å². The Bertz CT molecular complexity index is 429. The zero-order valence-corrected chi connectivity index (χ0v) is 12.6. The molecule has 0 radical (unpaired) electrons. The van der Waals surface area contributed by atoms with Crippen molar-refractivity contribution in [1.82, 2.24) is 0 Å². The van der Waals surface area contributed by atoms with Crippen molar-refractivity contribution in [3.63, 3.8) is 0 Å². The van der Waals surface area contributed by atoms with Gasteiger partial charge in [0.15, 0.2) is 0 Å². The molecule has 0 aromatic rings. The van der Waals surface area contributed by atoms with Gasteiger partial charge in [0, 0.05) is 0 Å². The molecule has 2 nitrogen and oxygen atoms in total. The van der Waals surface area contributed by atoms with Crippen molar-refractivity contribution in [2.45, 2.75) is 70.5 Å². The van der Waals surface area contributed by atoms with E-state index in [1.807, 2.05) is 0 Å². The molecule has 0 aromatic heterocycles. The van der Waals surface area contributed by atoms with Crippen LogP contribution in [0.5, 0.6) is 0 Å². The van der Waals surface area contributed by atoms with E-state index in [1.54, 1.807) is 5.57 Å². The molecule has 0 amide bonds. The molecular formula is C18H28O2. The number of hydrogen-bond donors (Lipinski definition) is 2. The van der Waals surface area contributed by atoms with Crippen LogP contribution < -0.4 is 0 Å². The Balaban J connectivity index is 1.65. The summed E-state index contributed by atoms with van der Waals surface area (Å²) in [7, 11) is 0. The molecule has 112 valence electrons. The van der Waals surface area contributed by atoms with E-state index in [4.69, 9.17) is 0 Å². The third kappa shape index (κ3) is 1.77. The van der Waals surface area contributed by atoms with Crippen molar-refractivity contribution in [1.29, 1.82) is 0 Å². The highest BCUT2D eigenvalue weighted by atomic mass is 16.3. The van der Waals surface area contributed by atoms with Crippen molar-refractivity contribution in [2.24, 2.45) is 29.1 Å². The van der Waals surface area contributed by atoms with Crippen LogP contribution in [0.15, 0.2) is 11.6 Å². The van der Waals surface area contributed by atoms with Crippen molar-refractivity contribution < 1.29 is 10.2 Å². The summed E-state index contributed by atoms with van der Waals surface area (Å²) in [5.74, 6) is 2.96. The number of aliphatic hydroxyl groups excluding tert-OH is 2. The lowest BCUT2D eigenvalue weighted by atomic mass is 9.50. The van der Waals surface area contributed by atoms with Gasteiger partial charge in [-0.05, 0) is 80.5 Å². The molecule has 0 aliphatic heterocycles. The Labute approximate surface area is 122 Å². The van der Waals surface area contributed by atoms with Crippen LogP contribution in [-0.2, 0) is 0 Å². The molecule has 0 aromatic carbocycles. The van der Waals surface area contributed by atoms with Crippen LogP contribution in [0, 0.1) is 29.1 Å². The van der Waals surface area contributed by atoms with Crippen LogP contribution >= 0.6 is 0 Å². The van der Waals surface area contributed by atoms with E-state index in [2.05, 4.69) is 13.0 Å². The Hall–Kier alpha value is -0.340. The first-order chi connectivity index (χ1) is 9.59. The summed E-state index contributed by atoms with van der Waals surface area (Å²) in [4.78, 5) is 0. The van der Waals surface area contributed by atoms with E-state index in [9.17, 15) is 10.2 Å². The topological polar surface area (TPSA) is 40.5 Å². The fraction of sp³-hybridized carbons (Fsp3) is 0.889. The second-order valence-electron chi connectivity index (χ2n) is 8.10. The van der Waals surface area contributed by atoms with E-state index < -0.39 is 0 Å². The highest BCUT2D eigenvalue weighted by Crippen LogP contribution is 2.61. The number of aliphatic hydroxyl groups is 2. The molecule has 4 aliphatic rings. The molecule has 3 saturated carbocycles. The van der Waals surface area contributed by atoms with Crippen LogP contribution in [0.1, 0.15) is 58.3 Å². The smallest absolute Gasteiger partial charge is 0.0577 e. The third-order valence-corrected chi connectivity index (χ3v) is 7.36. The van der Waals surface area contributed by atoms with Gasteiger partial charge < -0.3 is 10.2 Å². The quantitative estimate of drug-likeness (QED) is 0.667. The molecule has 3 fully saturated rings. The molecule has 0 spiro atoms. The van der Waals surface area contributed by atoms with Crippen LogP contribution in [0.3, 0.4) is 0 Å². The molecule has 4 aliphatic carbocycles. The fourth-order valence-electron chi connectivity index (χ4n) is 6.26. The lowest BCUT2D eigenvalue weighted by Crippen LogP contribution is -2.47. The Morgan fingerprint density at radius 3 is 2.65 bits per heavy atom. The lowest BCUT2D eigenvalue weighted by molar-refractivity contribution is -0.0237. The van der Waals surface area contributed by atoms with Crippen LogP contribution in [0.2, 0.25) is 0 Å². The zero-order valence-electron chi connectivity index (χ0n) is 12.6. The van der Waals surface area contributed by atoms with Crippen molar-refractivity contribution in [3.05, 3.63) is 11.6 Å². The van der Waals surface area contributed by atoms with E-state index >= 15 is 0 Å². The molecule has 20 heavy (non-hydrogen) atoms. The number of fused-ring (bicyclic) bond motifs is 5. The summed E-state index contributed by atoms with van der Waals surface area (Å²) in [5, 5.41) is 20.2. The van der Waals surface area contributed by atoms with Crippen molar-refractivity contribution in [2.75, 3.05) is 0 Å². The average molecular weight is 276 g/mol. The number of hydrogen-bond acceptors (Lipinski definition) is 2. The first-order valence-electron chi connectivity index (χ1n) is 8.65. The predicted octanol–water partition coefficient (Wildman–Crippen LogP) is 3.28. The first kappa shape index (κ1) is 13.3. The lowest BCUT2D eigenvalue weighted by Gasteiger charge is -2.55. The summed E-state index contributed by atoms with van der Waals surface area (Å²) >= 11 is 0. The highest BCUT2D eigenvalue weighted by molar-refractivity contribution is 5.24. The summed E-state index contributed by atoms with van der Waals surface area (Å²) in [6, 6.07) is 0. The zero-order chi connectivity index (χ0) is 13.9. The Morgan fingerprint density at radius 1 is 1.00 bits per heavy atom. The third-order valence-electron chi connectivity index (χ3n) is 7.36. The molecule has 0 heterocycles. The van der Waals surface area contributed by atoms with Gasteiger partial charge in [-0.15, -0.1) is 0 Å². The molecule has 0 bridgehead atoms. The van der Waals surface area contributed by atoms with Gasteiger partial charge in [-0.1, -0.05) is 18.6 Å². The number of rotatable bonds is 0. The molecule has 2 heteroatoms. The molecule has 4 rings (SSSR count). The maximum absolute atomic E-state index is 10.2. The summed E-state index contributed by atoms with van der Waals surface area (Å²) in [6.07, 6.45) is 11.4. The fourth-order valence-corrected chi connectivity index (χ4v) is 6.26. The van der Waals surface area contributed by atoms with Gasteiger partial charge in [0.2, 0.25) is 0 Å². The Morgan fingerprint density at radius 2 is 1.80 bits per heavy atom. The molecule has 0 saturated heterocycles. The van der Waals surface area contributed by atoms with Gasteiger partial charge in [0.1, 0.15) is 0 Å². The second kappa shape index (κ2) is 4.58. The van der Waals surface area contributed by atoms with Crippen LogP contribution in [-0.4, -0.2) is 22.4 Å². The largest absolute Gasteiger partial charge is 0.393 e. The number of allylic oxidation sites excluding steroid dienone is 1. The van der Waals surface area contributed by atoms with E-state index in [1.165, 1.54) is 32.1 Å². The summed E-state index contributed by atoms with van der Waals surface area (Å²) < 4.78 is 0. The highest BCUT2D eigenvalue weighted by Gasteiger charge is 2.53. The predicted molar refractivity (Wildman–Crippen MR) is 79.1 cm³/mol. The molecular weight excluding hydrogens is 248 g/mol. The van der Waals surface area contributed by atoms with Crippen LogP contribution in [0.25, 0.3) is 0 Å². The van der Waals surface area contributed by atoms with Crippen LogP contribution in [0.4, 0.5) is 0 Å². The van der Waals surface area contributed by atoms with Gasteiger partial charge >= 0.3 is 0 Å². The average Bonchev–Trinajstić information content (AvgIpc) is 2.82. The maximum Gasteiger partial charge on any atom is 0.0577 e. The van der Waals surface area contributed by atoms with Gasteiger partial charge in [-0.3, -0.25) is 0 Å². The first-order valence-corrected chi connectivity index (χ1v) is 8.65. The minimum Gasteiger partial charge on any atom is -0.393 e. The molecule has 7 atom stereocenters. The molecule has 1 unspecified atom stereocenters.